The largest absolute Gasteiger partial charge is 0.347 e. The van der Waals surface area contributed by atoms with Crippen LogP contribution < -0.4 is 5.32 Å². The number of hydrogen-bond acceptors (Lipinski definition) is 4. The number of carbonyl (C=O) groups excluding carboxylic acids is 2. The predicted molar refractivity (Wildman–Crippen MR) is 101 cm³/mol. The summed E-state index contributed by atoms with van der Waals surface area (Å²) >= 11 is 0. The number of hydrogen-bond donors (Lipinski definition) is 2. The first-order valence-corrected chi connectivity index (χ1v) is 9.32. The van der Waals surface area contributed by atoms with Crippen molar-refractivity contribution in [2.75, 3.05) is 26.2 Å². The minimum Gasteiger partial charge on any atom is -0.347 e. The van der Waals surface area contributed by atoms with Crippen LogP contribution in [0.5, 0.6) is 0 Å². The molecule has 0 unspecified atom stereocenters. The van der Waals surface area contributed by atoms with E-state index in [1.165, 1.54) is 0 Å². The van der Waals surface area contributed by atoms with E-state index < -0.39 is 0 Å². The second kappa shape index (κ2) is 8.20. The van der Waals surface area contributed by atoms with E-state index in [-0.39, 0.29) is 23.9 Å². The number of urea groups is 1. The number of rotatable bonds is 5. The van der Waals surface area contributed by atoms with Gasteiger partial charge in [0, 0.05) is 31.7 Å². The van der Waals surface area contributed by atoms with E-state index in [1.54, 1.807) is 21.9 Å². The lowest BCUT2D eigenvalue weighted by Crippen LogP contribution is -2.44. The van der Waals surface area contributed by atoms with Gasteiger partial charge in [-0.15, -0.1) is 0 Å². The zero-order chi connectivity index (χ0) is 19.4. The first-order chi connectivity index (χ1) is 13.0. The molecule has 1 aromatic heterocycles. The Kier molecular flexibility index (Phi) is 5.73. The number of nitrogens with zero attached hydrogens (tertiary/aromatic N) is 4. The van der Waals surface area contributed by atoms with Crippen LogP contribution in [0, 0.1) is 6.92 Å². The van der Waals surface area contributed by atoms with E-state index in [9.17, 15) is 9.59 Å². The van der Waals surface area contributed by atoms with E-state index >= 15 is 0 Å². The molecule has 0 saturated carbocycles. The lowest BCUT2D eigenvalue weighted by Gasteiger charge is -2.26. The monoisotopic (exact) mass is 370 g/mol. The number of nitrogens with one attached hydrogen (secondary N) is 2. The van der Waals surface area contributed by atoms with Gasteiger partial charge in [-0.2, -0.15) is 5.10 Å². The molecule has 1 aliphatic heterocycles. The maximum Gasteiger partial charge on any atom is 0.320 e. The summed E-state index contributed by atoms with van der Waals surface area (Å²) in [6.45, 7) is 7.97. The Morgan fingerprint density at radius 2 is 1.93 bits per heavy atom. The van der Waals surface area contributed by atoms with Crippen LogP contribution in [0.15, 0.2) is 30.3 Å². The van der Waals surface area contributed by atoms with Gasteiger partial charge < -0.3 is 15.1 Å². The molecule has 3 amide bonds. The number of aromatic nitrogens is 3. The highest BCUT2D eigenvalue weighted by Gasteiger charge is 2.40. The SMILES string of the molecule is CCN(CC)C(=O)N1C[C@@H](NC(=O)c2ccccc2)[C@H](c2n[nH]c(C)n2)C1. The molecule has 0 spiro atoms. The van der Waals surface area contributed by atoms with Crippen molar-refractivity contribution in [3.8, 4) is 0 Å². The number of aromatic amines is 1. The Morgan fingerprint density at radius 1 is 1.22 bits per heavy atom. The molecule has 2 heterocycles. The lowest BCUT2D eigenvalue weighted by atomic mass is 10.0. The van der Waals surface area contributed by atoms with E-state index in [2.05, 4.69) is 20.5 Å². The van der Waals surface area contributed by atoms with Gasteiger partial charge in [-0.3, -0.25) is 9.89 Å². The molecule has 1 aromatic carbocycles. The highest BCUT2D eigenvalue weighted by Crippen LogP contribution is 2.26. The van der Waals surface area contributed by atoms with E-state index in [0.29, 0.717) is 43.4 Å². The summed E-state index contributed by atoms with van der Waals surface area (Å²) in [6, 6.07) is 8.81. The van der Waals surface area contributed by atoms with Crippen molar-refractivity contribution in [2.24, 2.45) is 0 Å². The summed E-state index contributed by atoms with van der Waals surface area (Å²) in [7, 11) is 0. The highest BCUT2D eigenvalue weighted by atomic mass is 16.2. The summed E-state index contributed by atoms with van der Waals surface area (Å²) in [4.78, 5) is 33.4. The molecule has 1 aliphatic rings. The summed E-state index contributed by atoms with van der Waals surface area (Å²) in [5, 5.41) is 10.2. The van der Waals surface area contributed by atoms with Crippen LogP contribution >= 0.6 is 0 Å². The molecule has 8 nitrogen and oxygen atoms in total. The summed E-state index contributed by atoms with van der Waals surface area (Å²) in [5.41, 5.74) is 0.593. The maximum absolute atomic E-state index is 12.8. The second-order valence-electron chi connectivity index (χ2n) is 6.69. The standard InChI is InChI=1S/C19H26N6O2/c1-4-24(5-2)19(27)25-11-15(17-20-13(3)22-23-17)16(12-25)21-18(26)14-9-7-6-8-10-14/h6-10,15-16H,4-5,11-12H2,1-3H3,(H,21,26)(H,20,22,23)/t15-,16-/m1/s1. The van der Waals surface area contributed by atoms with Crippen molar-refractivity contribution in [2.45, 2.75) is 32.7 Å². The zero-order valence-electron chi connectivity index (χ0n) is 16.0. The van der Waals surface area contributed by atoms with Crippen LogP contribution in [0.1, 0.15) is 41.8 Å². The maximum atomic E-state index is 12.8. The van der Waals surface area contributed by atoms with Gasteiger partial charge in [0.1, 0.15) is 5.82 Å². The molecule has 8 heteroatoms. The van der Waals surface area contributed by atoms with Gasteiger partial charge in [0.2, 0.25) is 0 Å². The number of benzene rings is 1. The molecule has 0 bridgehead atoms. The van der Waals surface area contributed by atoms with Crippen LogP contribution in [0.25, 0.3) is 0 Å². The van der Waals surface area contributed by atoms with Crippen LogP contribution in [0.4, 0.5) is 4.79 Å². The van der Waals surface area contributed by atoms with Crippen LogP contribution in [-0.2, 0) is 0 Å². The van der Waals surface area contributed by atoms with E-state index in [4.69, 9.17) is 0 Å². The fourth-order valence-corrected chi connectivity index (χ4v) is 3.43. The van der Waals surface area contributed by atoms with Crippen LogP contribution in [0.3, 0.4) is 0 Å². The number of aryl methyl sites for hydroxylation is 1. The third-order valence-corrected chi connectivity index (χ3v) is 4.92. The van der Waals surface area contributed by atoms with Gasteiger partial charge >= 0.3 is 6.03 Å². The first-order valence-electron chi connectivity index (χ1n) is 9.32. The second-order valence-corrected chi connectivity index (χ2v) is 6.69. The molecule has 1 fully saturated rings. The predicted octanol–water partition coefficient (Wildman–Crippen LogP) is 1.77. The Labute approximate surface area is 159 Å². The van der Waals surface area contributed by atoms with Crippen molar-refractivity contribution < 1.29 is 9.59 Å². The molecular weight excluding hydrogens is 344 g/mol. The molecule has 2 aromatic rings. The molecular formula is C19H26N6O2. The molecule has 1 saturated heterocycles. The third kappa shape index (κ3) is 4.10. The molecule has 144 valence electrons. The fraction of sp³-hybridized carbons (Fsp3) is 0.474. The number of carbonyl (C=O) groups is 2. The Hall–Kier alpha value is -2.90. The van der Waals surface area contributed by atoms with Crippen molar-refractivity contribution >= 4 is 11.9 Å². The molecule has 2 atom stereocenters. The van der Waals surface area contributed by atoms with Crippen LogP contribution in [0.2, 0.25) is 0 Å². The summed E-state index contributed by atoms with van der Waals surface area (Å²) < 4.78 is 0. The highest BCUT2D eigenvalue weighted by molar-refractivity contribution is 5.94. The smallest absolute Gasteiger partial charge is 0.320 e. The quantitative estimate of drug-likeness (QED) is 0.839. The first kappa shape index (κ1) is 18.9. The van der Waals surface area contributed by atoms with Gasteiger partial charge in [0.05, 0.1) is 12.0 Å². The lowest BCUT2D eigenvalue weighted by molar-refractivity contribution is 0.0934. The summed E-state index contributed by atoms with van der Waals surface area (Å²) in [6.07, 6.45) is 0. The minimum absolute atomic E-state index is 0.0197. The molecule has 3 rings (SSSR count). The van der Waals surface area contributed by atoms with Gasteiger partial charge in [-0.1, -0.05) is 18.2 Å². The number of amides is 3. The average Bonchev–Trinajstić information content (AvgIpc) is 3.29. The Bertz CT molecular complexity index is 787. The van der Waals surface area contributed by atoms with Gasteiger partial charge in [-0.25, -0.2) is 9.78 Å². The number of H-pyrrole nitrogens is 1. The molecule has 0 aliphatic carbocycles. The molecule has 0 radical (unpaired) electrons. The van der Waals surface area contributed by atoms with E-state index in [0.717, 1.165) is 0 Å². The van der Waals surface area contributed by atoms with Crippen molar-refractivity contribution in [1.29, 1.82) is 0 Å². The van der Waals surface area contributed by atoms with Crippen molar-refractivity contribution in [1.82, 2.24) is 30.3 Å². The zero-order valence-corrected chi connectivity index (χ0v) is 16.0. The third-order valence-electron chi connectivity index (χ3n) is 4.92. The van der Waals surface area contributed by atoms with E-state index in [1.807, 2.05) is 39.0 Å². The Balaban J connectivity index is 1.80. The van der Waals surface area contributed by atoms with Crippen LogP contribution in [-0.4, -0.2) is 69.1 Å². The minimum atomic E-state index is -0.243. The molecule has 2 N–H and O–H groups in total. The average molecular weight is 370 g/mol. The summed E-state index contributed by atoms with van der Waals surface area (Å²) in [5.74, 6) is 1.03. The van der Waals surface area contributed by atoms with Gasteiger partial charge in [0.25, 0.3) is 5.91 Å². The fourth-order valence-electron chi connectivity index (χ4n) is 3.43. The van der Waals surface area contributed by atoms with Gasteiger partial charge in [0.15, 0.2) is 5.82 Å². The Morgan fingerprint density at radius 3 is 2.52 bits per heavy atom. The van der Waals surface area contributed by atoms with Crippen molar-refractivity contribution in [3.63, 3.8) is 0 Å². The number of likely N-dealkylation sites (tertiary alicyclic amines) is 1. The van der Waals surface area contributed by atoms with Crippen molar-refractivity contribution in [3.05, 3.63) is 47.5 Å². The normalized spacial score (nSPS) is 19.1. The topological polar surface area (TPSA) is 94.2 Å². The molecule has 27 heavy (non-hydrogen) atoms. The van der Waals surface area contributed by atoms with Gasteiger partial charge in [-0.05, 0) is 32.9 Å².